The van der Waals surface area contributed by atoms with Gasteiger partial charge in [0, 0.05) is 25.7 Å². The minimum Gasteiger partial charge on any atom is -0.353 e. The average molecular weight is 308 g/mol. The number of fused-ring (bicyclic) bond motifs is 1. The fourth-order valence-electron chi connectivity index (χ4n) is 3.14. The van der Waals surface area contributed by atoms with E-state index in [2.05, 4.69) is 32.3 Å². The first-order valence-corrected chi connectivity index (χ1v) is 7.75. The van der Waals surface area contributed by atoms with E-state index in [9.17, 15) is 4.39 Å². The molecular weight excluding hydrogens is 291 g/mol. The van der Waals surface area contributed by atoms with Gasteiger partial charge >= 0.3 is 0 Å². The van der Waals surface area contributed by atoms with Crippen molar-refractivity contribution in [2.24, 2.45) is 0 Å². The normalized spacial score (nSPS) is 18.3. The van der Waals surface area contributed by atoms with Crippen LogP contribution in [0.3, 0.4) is 0 Å². The lowest BCUT2D eigenvalue weighted by atomic mass is 10.0. The Hall–Kier alpha value is -2.53. The summed E-state index contributed by atoms with van der Waals surface area (Å²) in [6, 6.07) is 15.5. The summed E-state index contributed by atoms with van der Waals surface area (Å²) in [4.78, 5) is 10.7. The van der Waals surface area contributed by atoms with Crippen LogP contribution in [-0.2, 0) is 0 Å². The number of nitrogens with zero attached hydrogens (tertiary/aromatic N) is 3. The summed E-state index contributed by atoms with van der Waals surface area (Å²) >= 11 is 0. The number of halogens is 1. The first-order chi connectivity index (χ1) is 11.3. The Labute approximate surface area is 134 Å². The van der Waals surface area contributed by atoms with Gasteiger partial charge in [0.25, 0.3) is 0 Å². The number of benzene rings is 2. The van der Waals surface area contributed by atoms with Crippen molar-refractivity contribution < 1.29 is 4.39 Å². The van der Waals surface area contributed by atoms with Gasteiger partial charge in [-0.25, -0.2) is 14.4 Å². The first kappa shape index (κ1) is 14.1. The third-order valence-electron chi connectivity index (χ3n) is 4.27. The van der Waals surface area contributed by atoms with E-state index in [1.54, 1.807) is 6.07 Å². The summed E-state index contributed by atoms with van der Waals surface area (Å²) in [6.45, 7) is 2.38. The minimum atomic E-state index is -0.270. The first-order valence-electron chi connectivity index (χ1n) is 7.75. The number of aromatic nitrogens is 2. The predicted molar refractivity (Wildman–Crippen MR) is 88.9 cm³/mol. The van der Waals surface area contributed by atoms with Crippen LogP contribution < -0.4 is 10.2 Å². The molecule has 23 heavy (non-hydrogen) atoms. The molecule has 116 valence electrons. The van der Waals surface area contributed by atoms with Gasteiger partial charge < -0.3 is 10.2 Å². The zero-order valence-corrected chi connectivity index (χ0v) is 12.6. The van der Waals surface area contributed by atoms with Gasteiger partial charge in [-0.2, -0.15) is 0 Å². The van der Waals surface area contributed by atoms with Gasteiger partial charge in [0.05, 0.1) is 10.9 Å². The van der Waals surface area contributed by atoms with Crippen LogP contribution in [0, 0.1) is 5.82 Å². The largest absolute Gasteiger partial charge is 0.353 e. The van der Waals surface area contributed by atoms with Crippen molar-refractivity contribution in [3.8, 4) is 0 Å². The third kappa shape index (κ3) is 2.64. The molecule has 0 bridgehead atoms. The molecule has 1 unspecified atom stereocenters. The van der Waals surface area contributed by atoms with Gasteiger partial charge in [-0.1, -0.05) is 36.4 Å². The lowest BCUT2D eigenvalue weighted by Gasteiger charge is -2.35. The van der Waals surface area contributed by atoms with Gasteiger partial charge in [0.15, 0.2) is 0 Å². The Balaban J connectivity index is 1.71. The van der Waals surface area contributed by atoms with E-state index in [1.807, 2.05) is 24.3 Å². The van der Waals surface area contributed by atoms with Crippen LogP contribution in [0.25, 0.3) is 10.9 Å². The molecule has 2 heterocycles. The summed E-state index contributed by atoms with van der Waals surface area (Å²) in [5.41, 5.74) is 1.88. The van der Waals surface area contributed by atoms with Crippen molar-refractivity contribution in [3.05, 3.63) is 66.2 Å². The highest BCUT2D eigenvalue weighted by Gasteiger charge is 2.23. The number of anilines is 1. The molecule has 5 heteroatoms. The van der Waals surface area contributed by atoms with E-state index >= 15 is 0 Å². The molecule has 1 aliphatic rings. The van der Waals surface area contributed by atoms with Crippen LogP contribution >= 0.6 is 0 Å². The average Bonchev–Trinajstić information content (AvgIpc) is 2.62. The number of hydrogen-bond acceptors (Lipinski definition) is 4. The van der Waals surface area contributed by atoms with Gasteiger partial charge in [0.1, 0.15) is 18.0 Å². The third-order valence-corrected chi connectivity index (χ3v) is 4.27. The van der Waals surface area contributed by atoms with Crippen molar-refractivity contribution >= 4 is 16.7 Å². The number of piperazine rings is 1. The SMILES string of the molecule is Fc1cccc2ncnc(N3CCNC(c4ccccc4)C3)c12. The number of nitrogens with one attached hydrogen (secondary N) is 1. The molecule has 0 spiro atoms. The molecule has 3 aromatic rings. The highest BCUT2D eigenvalue weighted by molar-refractivity contribution is 5.89. The Morgan fingerprint density at radius 1 is 1.04 bits per heavy atom. The van der Waals surface area contributed by atoms with Crippen LogP contribution in [0.4, 0.5) is 10.2 Å². The summed E-state index contributed by atoms with van der Waals surface area (Å²) < 4.78 is 14.3. The van der Waals surface area contributed by atoms with Crippen LogP contribution in [0.15, 0.2) is 54.9 Å². The zero-order valence-electron chi connectivity index (χ0n) is 12.6. The number of rotatable bonds is 2. The maximum absolute atomic E-state index is 14.3. The summed E-state index contributed by atoms with van der Waals surface area (Å²) in [7, 11) is 0. The molecule has 0 amide bonds. The molecular formula is C18H17FN4. The smallest absolute Gasteiger partial charge is 0.142 e. The van der Waals surface area contributed by atoms with E-state index in [4.69, 9.17) is 0 Å². The molecule has 0 aliphatic carbocycles. The van der Waals surface area contributed by atoms with Gasteiger partial charge in [-0.15, -0.1) is 0 Å². The van der Waals surface area contributed by atoms with E-state index in [1.165, 1.54) is 18.0 Å². The Morgan fingerprint density at radius 3 is 2.78 bits per heavy atom. The topological polar surface area (TPSA) is 41.1 Å². The molecule has 1 saturated heterocycles. The van der Waals surface area contributed by atoms with Crippen molar-refractivity contribution in [3.63, 3.8) is 0 Å². The van der Waals surface area contributed by atoms with Crippen LogP contribution in [0.2, 0.25) is 0 Å². The summed E-state index contributed by atoms with van der Waals surface area (Å²) in [6.07, 6.45) is 1.51. The molecule has 4 rings (SSSR count). The monoisotopic (exact) mass is 308 g/mol. The minimum absolute atomic E-state index is 0.210. The van der Waals surface area contributed by atoms with Gasteiger partial charge in [-0.3, -0.25) is 0 Å². The lowest BCUT2D eigenvalue weighted by molar-refractivity contribution is 0.470. The molecule has 4 nitrogen and oxygen atoms in total. The fourth-order valence-corrected chi connectivity index (χ4v) is 3.14. The van der Waals surface area contributed by atoms with E-state index < -0.39 is 0 Å². The fraction of sp³-hybridized carbons (Fsp3) is 0.222. The van der Waals surface area contributed by atoms with Crippen LogP contribution in [0.1, 0.15) is 11.6 Å². The number of hydrogen-bond donors (Lipinski definition) is 1. The summed E-state index contributed by atoms with van der Waals surface area (Å²) in [5, 5.41) is 4.02. The molecule has 1 aromatic heterocycles. The molecule has 1 fully saturated rings. The van der Waals surface area contributed by atoms with Crippen LogP contribution in [0.5, 0.6) is 0 Å². The van der Waals surface area contributed by atoms with Crippen LogP contribution in [-0.4, -0.2) is 29.6 Å². The van der Waals surface area contributed by atoms with Crippen molar-refractivity contribution in [2.75, 3.05) is 24.5 Å². The maximum atomic E-state index is 14.3. The predicted octanol–water partition coefficient (Wildman–Crippen LogP) is 2.92. The quantitative estimate of drug-likeness (QED) is 0.790. The highest BCUT2D eigenvalue weighted by Crippen LogP contribution is 2.28. The van der Waals surface area contributed by atoms with Gasteiger partial charge in [0.2, 0.25) is 0 Å². The Kier molecular flexibility index (Phi) is 3.63. The molecule has 0 saturated carbocycles. The highest BCUT2D eigenvalue weighted by atomic mass is 19.1. The molecule has 2 aromatic carbocycles. The van der Waals surface area contributed by atoms with Crippen molar-refractivity contribution in [1.29, 1.82) is 0 Å². The lowest BCUT2D eigenvalue weighted by Crippen LogP contribution is -2.46. The van der Waals surface area contributed by atoms with E-state index in [-0.39, 0.29) is 11.9 Å². The second-order valence-corrected chi connectivity index (χ2v) is 5.69. The Morgan fingerprint density at radius 2 is 1.91 bits per heavy atom. The second-order valence-electron chi connectivity index (χ2n) is 5.69. The molecule has 1 aliphatic heterocycles. The van der Waals surface area contributed by atoms with E-state index in [0.29, 0.717) is 16.7 Å². The zero-order chi connectivity index (χ0) is 15.6. The van der Waals surface area contributed by atoms with Crippen molar-refractivity contribution in [1.82, 2.24) is 15.3 Å². The summed E-state index contributed by atoms with van der Waals surface area (Å²) in [5.74, 6) is 0.406. The Bertz CT molecular complexity index is 816. The standard InChI is InChI=1S/C18H17FN4/c19-14-7-4-8-15-17(14)18(22-12-21-15)23-10-9-20-16(11-23)13-5-2-1-3-6-13/h1-8,12,16,20H,9-11H2. The second kappa shape index (κ2) is 5.93. The van der Waals surface area contributed by atoms with Crippen molar-refractivity contribution in [2.45, 2.75) is 6.04 Å². The molecule has 1 N–H and O–H groups in total. The molecule has 0 radical (unpaired) electrons. The maximum Gasteiger partial charge on any atom is 0.142 e. The molecule has 1 atom stereocenters. The van der Waals surface area contributed by atoms with E-state index in [0.717, 1.165) is 19.6 Å². The van der Waals surface area contributed by atoms with Gasteiger partial charge in [-0.05, 0) is 17.7 Å².